The number of hydrogen-bond acceptors (Lipinski definition) is 3. The van der Waals surface area contributed by atoms with Crippen LogP contribution in [0.4, 0.5) is 0 Å². The minimum absolute atomic E-state index is 0.939. The van der Waals surface area contributed by atoms with E-state index in [9.17, 15) is 0 Å². The third kappa shape index (κ3) is 8.09. The molecular formula is C7H24O3Si4. The van der Waals surface area contributed by atoms with Crippen LogP contribution in [0.1, 0.15) is 0 Å². The standard InChI is InChI=1S/C7H24O3Si4/c1-11(2)8-13(5)10-14(6,7)9-12(3)4/h11-13H,1-7H3. The van der Waals surface area contributed by atoms with Crippen molar-refractivity contribution in [2.75, 3.05) is 0 Å². The molecule has 0 aliphatic heterocycles. The molecule has 1 atom stereocenters. The second-order valence-electron chi connectivity index (χ2n) is 4.44. The summed E-state index contributed by atoms with van der Waals surface area (Å²) in [6, 6.07) is 0. The van der Waals surface area contributed by atoms with Gasteiger partial charge in [0.2, 0.25) is 0 Å². The molecule has 0 heterocycles. The zero-order valence-electron chi connectivity index (χ0n) is 10.5. The molecule has 14 heavy (non-hydrogen) atoms. The minimum atomic E-state index is -1.88. The summed E-state index contributed by atoms with van der Waals surface area (Å²) in [5.41, 5.74) is 0. The first-order valence-corrected chi connectivity index (χ1v) is 15.7. The molecule has 0 spiro atoms. The molecule has 0 amide bonds. The summed E-state index contributed by atoms with van der Waals surface area (Å²) in [5.74, 6) is 0. The van der Waals surface area contributed by atoms with Crippen molar-refractivity contribution >= 4 is 35.9 Å². The van der Waals surface area contributed by atoms with Gasteiger partial charge in [0, 0.05) is 0 Å². The van der Waals surface area contributed by atoms with Crippen molar-refractivity contribution in [2.45, 2.75) is 45.8 Å². The summed E-state index contributed by atoms with van der Waals surface area (Å²) in [5, 5.41) is 0. The van der Waals surface area contributed by atoms with E-state index >= 15 is 0 Å². The van der Waals surface area contributed by atoms with Gasteiger partial charge in [0.15, 0.2) is 18.1 Å². The summed E-state index contributed by atoms with van der Waals surface area (Å²) < 4.78 is 17.7. The molecule has 86 valence electrons. The Morgan fingerprint density at radius 2 is 1.29 bits per heavy atom. The Bertz CT molecular complexity index is 163. The fourth-order valence-corrected chi connectivity index (χ4v) is 13.7. The van der Waals surface area contributed by atoms with E-state index in [0.717, 1.165) is 0 Å². The molecule has 0 radical (unpaired) electrons. The lowest BCUT2D eigenvalue weighted by Gasteiger charge is -2.29. The molecule has 1 unspecified atom stereocenters. The first-order chi connectivity index (χ1) is 6.23. The summed E-state index contributed by atoms with van der Waals surface area (Å²) in [6.45, 7) is 15.1. The van der Waals surface area contributed by atoms with Gasteiger partial charge >= 0.3 is 8.56 Å². The van der Waals surface area contributed by atoms with E-state index in [4.69, 9.17) is 12.3 Å². The van der Waals surface area contributed by atoms with Gasteiger partial charge in [-0.3, -0.25) is 0 Å². The predicted molar refractivity (Wildman–Crippen MR) is 71.5 cm³/mol. The first kappa shape index (κ1) is 14.7. The molecule has 0 aliphatic carbocycles. The molecule has 0 saturated carbocycles. The molecule has 0 rings (SSSR count). The van der Waals surface area contributed by atoms with Crippen LogP contribution < -0.4 is 0 Å². The molecule has 0 N–H and O–H groups in total. The van der Waals surface area contributed by atoms with Crippen molar-refractivity contribution in [1.82, 2.24) is 0 Å². The monoisotopic (exact) mass is 268 g/mol. The number of rotatable bonds is 6. The molecule has 0 bridgehead atoms. The van der Waals surface area contributed by atoms with Gasteiger partial charge in [-0.05, 0) is 45.8 Å². The Morgan fingerprint density at radius 3 is 1.64 bits per heavy atom. The molecule has 7 heteroatoms. The van der Waals surface area contributed by atoms with Crippen LogP contribution in [0.25, 0.3) is 0 Å². The minimum Gasteiger partial charge on any atom is -0.442 e. The third-order valence-electron chi connectivity index (χ3n) is 1.43. The van der Waals surface area contributed by atoms with Crippen molar-refractivity contribution in [3.63, 3.8) is 0 Å². The molecule has 3 nitrogen and oxygen atoms in total. The van der Waals surface area contributed by atoms with E-state index < -0.39 is 35.9 Å². The maximum atomic E-state index is 5.96. The van der Waals surface area contributed by atoms with Crippen LogP contribution in [-0.2, 0) is 12.3 Å². The van der Waals surface area contributed by atoms with Crippen molar-refractivity contribution in [2.24, 2.45) is 0 Å². The Kier molecular flexibility index (Phi) is 6.70. The van der Waals surface area contributed by atoms with Crippen LogP contribution in [0.15, 0.2) is 0 Å². The van der Waals surface area contributed by atoms with Gasteiger partial charge in [0.25, 0.3) is 9.28 Å². The zero-order valence-corrected chi connectivity index (χ0v) is 14.9. The number of hydrogen-bond donors (Lipinski definition) is 0. The van der Waals surface area contributed by atoms with Crippen molar-refractivity contribution < 1.29 is 12.3 Å². The highest BCUT2D eigenvalue weighted by molar-refractivity contribution is 6.78. The van der Waals surface area contributed by atoms with Gasteiger partial charge in [-0.2, -0.15) is 0 Å². The molecule has 0 aromatic carbocycles. The maximum Gasteiger partial charge on any atom is 0.312 e. The smallest absolute Gasteiger partial charge is 0.312 e. The first-order valence-electron chi connectivity index (χ1n) is 5.24. The normalized spacial score (nSPS) is 15.2. The predicted octanol–water partition coefficient (Wildman–Crippen LogP) is 1.56. The summed E-state index contributed by atoms with van der Waals surface area (Å²) in [7, 11) is -5.21. The van der Waals surface area contributed by atoms with Gasteiger partial charge < -0.3 is 12.3 Å². The van der Waals surface area contributed by atoms with Crippen LogP contribution in [0.3, 0.4) is 0 Å². The van der Waals surface area contributed by atoms with Gasteiger partial charge in [0.05, 0.1) is 0 Å². The van der Waals surface area contributed by atoms with Gasteiger partial charge in [-0.15, -0.1) is 0 Å². The lowest BCUT2D eigenvalue weighted by atomic mass is 11.9. The van der Waals surface area contributed by atoms with Crippen molar-refractivity contribution in [3.05, 3.63) is 0 Å². The van der Waals surface area contributed by atoms with E-state index in [1.807, 2.05) is 0 Å². The van der Waals surface area contributed by atoms with E-state index in [0.29, 0.717) is 0 Å². The maximum absolute atomic E-state index is 5.96. The Morgan fingerprint density at radius 1 is 0.786 bits per heavy atom. The van der Waals surface area contributed by atoms with Gasteiger partial charge in [-0.1, -0.05) is 0 Å². The molecule has 0 aliphatic rings. The molecule has 0 aromatic heterocycles. The van der Waals surface area contributed by atoms with E-state index in [-0.39, 0.29) is 0 Å². The Balaban J connectivity index is 3.94. The third-order valence-corrected chi connectivity index (χ3v) is 12.9. The Hall–Kier alpha value is 0.748. The second-order valence-corrected chi connectivity index (χ2v) is 15.5. The highest BCUT2D eigenvalue weighted by atomic mass is 28.5. The topological polar surface area (TPSA) is 27.7 Å². The molecule has 0 aromatic rings. The van der Waals surface area contributed by atoms with Gasteiger partial charge in [0.1, 0.15) is 0 Å². The van der Waals surface area contributed by atoms with E-state index in [2.05, 4.69) is 45.8 Å². The molecular weight excluding hydrogens is 244 g/mol. The summed E-state index contributed by atoms with van der Waals surface area (Å²) >= 11 is 0. The molecule has 0 saturated heterocycles. The Labute approximate surface area is 94.3 Å². The summed E-state index contributed by atoms with van der Waals surface area (Å²) in [4.78, 5) is 0. The lowest BCUT2D eigenvalue weighted by molar-refractivity contribution is 0.362. The largest absolute Gasteiger partial charge is 0.442 e. The average molecular weight is 269 g/mol. The zero-order chi connectivity index (χ0) is 11.4. The van der Waals surface area contributed by atoms with Crippen LogP contribution >= 0.6 is 0 Å². The van der Waals surface area contributed by atoms with Gasteiger partial charge in [-0.25, -0.2) is 0 Å². The highest BCUT2D eigenvalue weighted by Crippen LogP contribution is 2.10. The van der Waals surface area contributed by atoms with E-state index in [1.54, 1.807) is 0 Å². The second kappa shape index (κ2) is 6.36. The van der Waals surface area contributed by atoms with Crippen LogP contribution in [0, 0.1) is 0 Å². The molecule has 0 fully saturated rings. The fourth-order valence-electron chi connectivity index (χ4n) is 1.41. The van der Waals surface area contributed by atoms with Crippen molar-refractivity contribution in [1.29, 1.82) is 0 Å². The highest BCUT2D eigenvalue weighted by Gasteiger charge is 2.29. The fraction of sp³-hybridized carbons (Fsp3) is 1.00. The SMILES string of the molecule is C[SiH](C)O[SiH](C)O[Si](C)(C)O[SiH](C)C. The van der Waals surface area contributed by atoms with Crippen LogP contribution in [0.2, 0.25) is 45.8 Å². The quantitative estimate of drug-likeness (QED) is 0.684. The summed E-state index contributed by atoms with van der Waals surface area (Å²) in [6.07, 6.45) is 0. The average Bonchev–Trinajstić information content (AvgIpc) is 1.77. The van der Waals surface area contributed by atoms with Crippen LogP contribution in [-0.4, -0.2) is 35.9 Å². The van der Waals surface area contributed by atoms with Crippen molar-refractivity contribution in [3.8, 4) is 0 Å². The van der Waals surface area contributed by atoms with Crippen LogP contribution in [0.5, 0.6) is 0 Å². The van der Waals surface area contributed by atoms with E-state index in [1.165, 1.54) is 0 Å². The lowest BCUT2D eigenvalue weighted by Crippen LogP contribution is -2.44.